The minimum absolute atomic E-state index is 1.31. The van der Waals surface area contributed by atoms with Gasteiger partial charge in [-0.1, -0.05) is 109 Å². The third-order valence-electron chi connectivity index (χ3n) is 7.22. The van der Waals surface area contributed by atoms with Gasteiger partial charge in [0.25, 0.3) is 0 Å². The van der Waals surface area contributed by atoms with Gasteiger partial charge < -0.3 is 0 Å². The van der Waals surface area contributed by atoms with Crippen molar-refractivity contribution in [2.75, 3.05) is 0 Å². The van der Waals surface area contributed by atoms with Gasteiger partial charge >= 0.3 is 0 Å². The number of fused-ring (bicyclic) bond motifs is 2. The van der Waals surface area contributed by atoms with E-state index >= 15 is 0 Å². The molecule has 0 unspecified atom stereocenters. The molecule has 0 aliphatic carbocycles. The molecule has 33 heavy (non-hydrogen) atoms. The summed E-state index contributed by atoms with van der Waals surface area (Å²) in [6.45, 7) is 0. The first-order valence-electron chi connectivity index (χ1n) is 11.4. The smallest absolute Gasteiger partial charge is 0.0207 e. The van der Waals surface area contributed by atoms with Gasteiger partial charge in [0.05, 0.1) is 0 Å². The first-order chi connectivity index (χ1) is 16.4. The molecule has 0 bridgehead atoms. The van der Waals surface area contributed by atoms with E-state index < -0.39 is 0 Å². The fraction of sp³-hybridized carbons (Fsp3) is 0. The quantitative estimate of drug-likeness (QED) is 0.232. The van der Waals surface area contributed by atoms with E-state index in [1.54, 1.807) is 0 Å². The molecule has 7 aromatic rings. The van der Waals surface area contributed by atoms with Gasteiger partial charge in [-0.15, -0.1) is 0 Å². The molecule has 8 rings (SSSR count). The summed E-state index contributed by atoms with van der Waals surface area (Å²) in [5.74, 6) is 0. The molecular weight excluding hydrogens is 416 g/mol. The molecule has 0 amide bonds. The molecule has 0 saturated heterocycles. The van der Waals surface area contributed by atoms with Crippen LogP contribution in [0.15, 0.2) is 119 Å². The average molecular weight is 435 g/mol. The first-order valence-corrected chi connectivity index (χ1v) is 12.2. The Morgan fingerprint density at radius 3 is 1.85 bits per heavy atom. The van der Waals surface area contributed by atoms with E-state index in [4.69, 9.17) is 0 Å². The van der Waals surface area contributed by atoms with Crippen LogP contribution in [0.25, 0.3) is 65.3 Å². The van der Waals surface area contributed by atoms with Crippen LogP contribution in [-0.2, 0) is 0 Å². The second kappa shape index (κ2) is 6.37. The molecule has 0 saturated carbocycles. The summed E-state index contributed by atoms with van der Waals surface area (Å²) in [6, 6.07) is 40.5. The zero-order chi connectivity index (χ0) is 21.5. The summed E-state index contributed by atoms with van der Waals surface area (Å²) in [7, 11) is 0. The Hall–Kier alpha value is -3.81. The Kier molecular flexibility index (Phi) is 3.42. The lowest BCUT2D eigenvalue weighted by molar-refractivity contribution is 1.40. The Morgan fingerprint density at radius 1 is 0.333 bits per heavy atom. The zero-order valence-corrected chi connectivity index (χ0v) is 18.6. The number of hydrogen-bond acceptors (Lipinski definition) is 1. The average Bonchev–Trinajstić information content (AvgIpc) is 2.88. The van der Waals surface area contributed by atoms with Crippen LogP contribution in [0.4, 0.5) is 0 Å². The molecule has 1 aliphatic heterocycles. The molecule has 0 spiro atoms. The van der Waals surface area contributed by atoms with Crippen LogP contribution >= 0.6 is 11.8 Å². The lowest BCUT2D eigenvalue weighted by Gasteiger charge is -2.22. The molecule has 152 valence electrons. The summed E-state index contributed by atoms with van der Waals surface area (Å²) in [4.78, 5) is 2.69. The third kappa shape index (κ3) is 2.33. The molecule has 0 atom stereocenters. The fourth-order valence-corrected chi connectivity index (χ4v) is 6.92. The van der Waals surface area contributed by atoms with Crippen LogP contribution in [0.2, 0.25) is 0 Å². The van der Waals surface area contributed by atoms with E-state index in [0.717, 1.165) is 0 Å². The topological polar surface area (TPSA) is 0 Å². The van der Waals surface area contributed by atoms with E-state index in [0.29, 0.717) is 0 Å². The highest BCUT2D eigenvalue weighted by atomic mass is 32.2. The van der Waals surface area contributed by atoms with Gasteiger partial charge in [-0.3, -0.25) is 0 Å². The number of rotatable bonds is 1. The molecular formula is C32H18S. The highest BCUT2D eigenvalue weighted by Crippen LogP contribution is 2.50. The number of benzene rings is 7. The highest BCUT2D eigenvalue weighted by molar-refractivity contribution is 7.99. The number of hydrogen-bond donors (Lipinski definition) is 0. The van der Waals surface area contributed by atoms with Gasteiger partial charge in [0.15, 0.2) is 0 Å². The second-order valence-corrected chi connectivity index (χ2v) is 9.99. The summed E-state index contributed by atoms with van der Waals surface area (Å²) < 4.78 is 0. The van der Waals surface area contributed by atoms with Gasteiger partial charge in [0.1, 0.15) is 0 Å². The van der Waals surface area contributed by atoms with Crippen molar-refractivity contribution in [3.63, 3.8) is 0 Å². The molecule has 0 aromatic heterocycles. The lowest BCUT2D eigenvalue weighted by Crippen LogP contribution is -1.94. The largest absolute Gasteiger partial charge is 0.0888 e. The van der Waals surface area contributed by atoms with E-state index in [-0.39, 0.29) is 0 Å². The van der Waals surface area contributed by atoms with Gasteiger partial charge in [0, 0.05) is 15.2 Å². The van der Waals surface area contributed by atoms with Crippen LogP contribution in [0.1, 0.15) is 0 Å². The van der Waals surface area contributed by atoms with E-state index in [1.807, 2.05) is 11.8 Å². The Balaban J connectivity index is 1.50. The predicted octanol–water partition coefficient (Wildman–Crippen LogP) is 9.54. The van der Waals surface area contributed by atoms with E-state index in [9.17, 15) is 0 Å². The van der Waals surface area contributed by atoms with Crippen molar-refractivity contribution in [2.45, 2.75) is 9.79 Å². The van der Waals surface area contributed by atoms with Crippen LogP contribution in [0.5, 0.6) is 0 Å². The molecule has 7 aromatic carbocycles. The zero-order valence-electron chi connectivity index (χ0n) is 17.8. The maximum atomic E-state index is 2.33. The summed E-state index contributed by atoms with van der Waals surface area (Å²) >= 11 is 1.89. The van der Waals surface area contributed by atoms with Gasteiger partial charge in [0.2, 0.25) is 0 Å². The molecule has 0 fully saturated rings. The Morgan fingerprint density at radius 2 is 0.970 bits per heavy atom. The maximum Gasteiger partial charge on any atom is 0.0207 e. The van der Waals surface area contributed by atoms with E-state index in [1.165, 1.54) is 75.1 Å². The van der Waals surface area contributed by atoms with Crippen LogP contribution < -0.4 is 0 Å². The molecule has 1 heteroatoms. The molecule has 0 N–H and O–H groups in total. The second-order valence-electron chi connectivity index (χ2n) is 8.91. The van der Waals surface area contributed by atoms with Crippen molar-refractivity contribution in [2.24, 2.45) is 0 Å². The molecule has 1 heterocycles. The Bertz CT molecular complexity index is 1880. The monoisotopic (exact) mass is 434 g/mol. The van der Waals surface area contributed by atoms with Gasteiger partial charge in [-0.25, -0.2) is 0 Å². The van der Waals surface area contributed by atoms with Gasteiger partial charge in [-0.05, 0) is 72.1 Å². The standard InChI is InChI=1S/C32H18S/c1-2-10-28-24(7-1)26-9-4-8-25-23(17-18-29(33-28)32(25)26)22-15-13-21-12-11-19-5-3-6-20-14-16-27(22)31(21)30(19)20/h1-18H. The fourth-order valence-electron chi connectivity index (χ4n) is 5.79. The van der Waals surface area contributed by atoms with Crippen molar-refractivity contribution in [1.82, 2.24) is 0 Å². The van der Waals surface area contributed by atoms with Gasteiger partial charge in [-0.2, -0.15) is 0 Å². The minimum atomic E-state index is 1.31. The summed E-state index contributed by atoms with van der Waals surface area (Å²) in [5.41, 5.74) is 5.31. The SMILES string of the molecule is c1ccc2c(c1)Sc1ccc(-c3ccc4ccc5cccc6ccc3c4c56)c3cccc-2c13. The van der Waals surface area contributed by atoms with Crippen LogP contribution in [0, 0.1) is 0 Å². The van der Waals surface area contributed by atoms with Crippen molar-refractivity contribution in [1.29, 1.82) is 0 Å². The van der Waals surface area contributed by atoms with Crippen molar-refractivity contribution >= 4 is 54.9 Å². The van der Waals surface area contributed by atoms with E-state index in [2.05, 4.69) is 109 Å². The Labute approximate surface area is 195 Å². The molecule has 0 radical (unpaired) electrons. The van der Waals surface area contributed by atoms with Crippen molar-refractivity contribution in [3.8, 4) is 22.3 Å². The maximum absolute atomic E-state index is 2.33. The summed E-state index contributed by atoms with van der Waals surface area (Å²) in [6.07, 6.45) is 0. The highest BCUT2D eigenvalue weighted by Gasteiger charge is 2.21. The third-order valence-corrected chi connectivity index (χ3v) is 8.35. The van der Waals surface area contributed by atoms with Crippen LogP contribution in [0.3, 0.4) is 0 Å². The molecule has 0 nitrogen and oxygen atoms in total. The normalized spacial score (nSPS) is 12.7. The van der Waals surface area contributed by atoms with Crippen molar-refractivity contribution in [3.05, 3.63) is 109 Å². The van der Waals surface area contributed by atoms with Crippen LogP contribution in [-0.4, -0.2) is 0 Å². The summed E-state index contributed by atoms with van der Waals surface area (Å²) in [5, 5.41) is 10.7. The lowest BCUT2D eigenvalue weighted by atomic mass is 9.87. The minimum Gasteiger partial charge on any atom is -0.0888 e. The molecule has 1 aliphatic rings. The van der Waals surface area contributed by atoms with Crippen molar-refractivity contribution < 1.29 is 0 Å². The predicted molar refractivity (Wildman–Crippen MR) is 143 cm³/mol. The first kappa shape index (κ1) is 17.7.